The maximum Gasteiger partial charge on any atom is 0.276 e. The average Bonchev–Trinajstić information content (AvgIpc) is 3.41. The largest absolute Gasteiger partial charge is 0.345 e. The topological polar surface area (TPSA) is 79.2 Å². The van der Waals surface area contributed by atoms with E-state index in [2.05, 4.69) is 26.6 Å². The molecule has 0 bridgehead atoms. The fraction of sp³-hybridized carbons (Fsp3) is 0.474. The molecule has 4 heterocycles. The number of thiazole rings is 1. The highest BCUT2D eigenvalue weighted by Crippen LogP contribution is 2.29. The molecule has 2 aromatic heterocycles. The molecule has 5 rings (SSSR count). The highest BCUT2D eigenvalue weighted by atomic mass is 32.1. The first kappa shape index (κ1) is 17.6. The van der Waals surface area contributed by atoms with Crippen LogP contribution < -0.4 is 10.2 Å². The van der Waals surface area contributed by atoms with Gasteiger partial charge in [-0.05, 0) is 31.5 Å². The Morgan fingerprint density at radius 3 is 2.82 bits per heavy atom. The lowest BCUT2D eigenvalue weighted by Crippen LogP contribution is -2.48. The molecule has 1 amide bonds. The summed E-state index contributed by atoms with van der Waals surface area (Å²) in [4.78, 5) is 21.7. The summed E-state index contributed by atoms with van der Waals surface area (Å²) in [5.74, 6) is -0.0287. The number of aromatic nitrogens is 4. The van der Waals surface area contributed by atoms with E-state index in [4.69, 9.17) is 4.98 Å². The van der Waals surface area contributed by atoms with E-state index in [1.165, 1.54) is 4.70 Å². The molecule has 2 fully saturated rings. The average molecular weight is 398 g/mol. The lowest BCUT2D eigenvalue weighted by atomic mass is 10.1. The van der Waals surface area contributed by atoms with Crippen LogP contribution in [0.5, 0.6) is 0 Å². The summed E-state index contributed by atoms with van der Waals surface area (Å²) in [6, 6.07) is 8.48. The SMILES string of the molecule is O=C(c1cn(C2CCCNC2)nn1)N1CCN(c2nc3ccccc3s2)CC1. The smallest absolute Gasteiger partial charge is 0.276 e. The van der Waals surface area contributed by atoms with Gasteiger partial charge < -0.3 is 15.1 Å². The Kier molecular flexibility index (Phi) is 4.69. The van der Waals surface area contributed by atoms with Crippen LogP contribution in [-0.4, -0.2) is 70.1 Å². The van der Waals surface area contributed by atoms with Crippen LogP contribution in [0.2, 0.25) is 0 Å². The minimum Gasteiger partial charge on any atom is -0.345 e. The monoisotopic (exact) mass is 397 g/mol. The Hall–Kier alpha value is -2.52. The van der Waals surface area contributed by atoms with E-state index < -0.39 is 0 Å². The summed E-state index contributed by atoms with van der Waals surface area (Å²) in [6.45, 7) is 4.85. The van der Waals surface area contributed by atoms with Crippen molar-refractivity contribution in [3.05, 3.63) is 36.2 Å². The molecule has 2 saturated heterocycles. The van der Waals surface area contributed by atoms with Crippen molar-refractivity contribution in [3.63, 3.8) is 0 Å². The van der Waals surface area contributed by atoms with Gasteiger partial charge in [0.05, 0.1) is 22.5 Å². The predicted octanol–water partition coefficient (Wildman–Crippen LogP) is 1.77. The van der Waals surface area contributed by atoms with Crippen molar-refractivity contribution in [2.75, 3.05) is 44.2 Å². The molecule has 0 saturated carbocycles. The van der Waals surface area contributed by atoms with Gasteiger partial charge in [-0.3, -0.25) is 4.79 Å². The van der Waals surface area contributed by atoms with Crippen LogP contribution in [0.25, 0.3) is 10.2 Å². The van der Waals surface area contributed by atoms with Gasteiger partial charge in [-0.15, -0.1) is 5.10 Å². The zero-order chi connectivity index (χ0) is 18.9. The van der Waals surface area contributed by atoms with Crippen molar-refractivity contribution in [1.82, 2.24) is 30.2 Å². The first-order valence-electron chi connectivity index (χ1n) is 9.80. The van der Waals surface area contributed by atoms with Crippen molar-refractivity contribution in [3.8, 4) is 0 Å². The number of nitrogens with one attached hydrogen (secondary N) is 1. The number of hydrogen-bond donors (Lipinski definition) is 1. The summed E-state index contributed by atoms with van der Waals surface area (Å²) in [6.07, 6.45) is 4.01. The lowest BCUT2D eigenvalue weighted by Gasteiger charge is -2.34. The number of amides is 1. The van der Waals surface area contributed by atoms with Gasteiger partial charge in [0.25, 0.3) is 5.91 Å². The Labute approximate surface area is 167 Å². The van der Waals surface area contributed by atoms with Crippen LogP contribution in [0.15, 0.2) is 30.5 Å². The second-order valence-electron chi connectivity index (χ2n) is 7.33. The number of benzene rings is 1. The van der Waals surface area contributed by atoms with Gasteiger partial charge in [-0.1, -0.05) is 28.7 Å². The third kappa shape index (κ3) is 3.35. The molecule has 0 aliphatic carbocycles. The molecule has 146 valence electrons. The van der Waals surface area contributed by atoms with E-state index in [0.717, 1.165) is 49.7 Å². The van der Waals surface area contributed by atoms with E-state index in [1.807, 2.05) is 27.8 Å². The number of carbonyl (C=O) groups is 1. The quantitative estimate of drug-likeness (QED) is 0.726. The van der Waals surface area contributed by atoms with Crippen molar-refractivity contribution in [1.29, 1.82) is 0 Å². The minimum absolute atomic E-state index is 0.0287. The molecule has 8 nitrogen and oxygen atoms in total. The fourth-order valence-electron chi connectivity index (χ4n) is 3.87. The molecule has 0 spiro atoms. The normalized spacial score (nSPS) is 20.6. The summed E-state index contributed by atoms with van der Waals surface area (Å²) in [5.41, 5.74) is 1.48. The van der Waals surface area contributed by atoms with E-state index in [9.17, 15) is 4.79 Å². The van der Waals surface area contributed by atoms with E-state index in [1.54, 1.807) is 17.5 Å². The number of nitrogens with zero attached hydrogens (tertiary/aromatic N) is 6. The second-order valence-corrected chi connectivity index (χ2v) is 8.34. The third-order valence-corrected chi connectivity index (χ3v) is 6.59. The van der Waals surface area contributed by atoms with Gasteiger partial charge in [0.15, 0.2) is 10.8 Å². The predicted molar refractivity (Wildman–Crippen MR) is 109 cm³/mol. The summed E-state index contributed by atoms with van der Waals surface area (Å²) in [5, 5.41) is 12.7. The number of anilines is 1. The van der Waals surface area contributed by atoms with Crippen LogP contribution in [-0.2, 0) is 0 Å². The van der Waals surface area contributed by atoms with E-state index in [-0.39, 0.29) is 5.91 Å². The van der Waals surface area contributed by atoms with Crippen LogP contribution >= 0.6 is 11.3 Å². The minimum atomic E-state index is -0.0287. The van der Waals surface area contributed by atoms with Crippen molar-refractivity contribution >= 4 is 32.6 Å². The summed E-state index contributed by atoms with van der Waals surface area (Å²) < 4.78 is 3.04. The van der Waals surface area contributed by atoms with Gasteiger partial charge in [0, 0.05) is 32.7 Å². The molecule has 1 aromatic carbocycles. The number of fused-ring (bicyclic) bond motifs is 1. The second kappa shape index (κ2) is 7.48. The van der Waals surface area contributed by atoms with Gasteiger partial charge in [-0.2, -0.15) is 0 Å². The van der Waals surface area contributed by atoms with Crippen LogP contribution in [0.1, 0.15) is 29.4 Å². The molecular weight excluding hydrogens is 374 g/mol. The Bertz CT molecular complexity index is 936. The Morgan fingerprint density at radius 2 is 2.04 bits per heavy atom. The van der Waals surface area contributed by atoms with Crippen LogP contribution in [0.4, 0.5) is 5.13 Å². The van der Waals surface area contributed by atoms with Crippen molar-refractivity contribution < 1.29 is 4.79 Å². The van der Waals surface area contributed by atoms with E-state index >= 15 is 0 Å². The zero-order valence-electron chi connectivity index (χ0n) is 15.6. The van der Waals surface area contributed by atoms with E-state index in [0.29, 0.717) is 24.8 Å². The molecule has 1 unspecified atom stereocenters. The number of hydrogen-bond acceptors (Lipinski definition) is 7. The molecule has 2 aliphatic rings. The first-order valence-corrected chi connectivity index (χ1v) is 10.6. The van der Waals surface area contributed by atoms with Gasteiger partial charge in [0.2, 0.25) is 0 Å². The lowest BCUT2D eigenvalue weighted by molar-refractivity contribution is 0.0740. The molecule has 0 radical (unpaired) electrons. The number of piperazine rings is 1. The van der Waals surface area contributed by atoms with Gasteiger partial charge >= 0.3 is 0 Å². The van der Waals surface area contributed by atoms with Crippen LogP contribution in [0.3, 0.4) is 0 Å². The number of piperidine rings is 1. The standard InChI is InChI=1S/C19H23N7OS/c27-18(16-13-26(23-22-16)14-4-3-7-20-12-14)24-8-10-25(11-9-24)19-21-15-5-1-2-6-17(15)28-19/h1-2,5-6,13-14,20H,3-4,7-12H2. The fourth-order valence-corrected chi connectivity index (χ4v) is 4.89. The van der Waals surface area contributed by atoms with Crippen molar-refractivity contribution in [2.24, 2.45) is 0 Å². The molecule has 2 aliphatic heterocycles. The number of carbonyl (C=O) groups excluding carboxylic acids is 1. The highest BCUT2D eigenvalue weighted by Gasteiger charge is 2.26. The number of rotatable bonds is 3. The maximum atomic E-state index is 12.8. The highest BCUT2D eigenvalue weighted by molar-refractivity contribution is 7.22. The maximum absolute atomic E-state index is 12.8. The van der Waals surface area contributed by atoms with Crippen LogP contribution in [0, 0.1) is 0 Å². The molecule has 1 atom stereocenters. The van der Waals surface area contributed by atoms with Crippen molar-refractivity contribution in [2.45, 2.75) is 18.9 Å². The zero-order valence-corrected chi connectivity index (χ0v) is 16.4. The molecule has 28 heavy (non-hydrogen) atoms. The molecular formula is C19H23N7OS. The summed E-state index contributed by atoms with van der Waals surface area (Å²) >= 11 is 1.71. The van der Waals surface area contributed by atoms with Gasteiger partial charge in [0.1, 0.15) is 0 Å². The van der Waals surface area contributed by atoms with Gasteiger partial charge in [-0.25, -0.2) is 9.67 Å². The Balaban J connectivity index is 1.22. The third-order valence-electron chi connectivity index (χ3n) is 5.49. The molecule has 3 aromatic rings. The molecule has 1 N–H and O–H groups in total. The summed E-state index contributed by atoms with van der Waals surface area (Å²) in [7, 11) is 0. The Morgan fingerprint density at radius 1 is 1.18 bits per heavy atom. The first-order chi connectivity index (χ1) is 13.8. The molecule has 9 heteroatoms. The number of para-hydroxylation sites is 1.